The number of benzene rings is 3. The van der Waals surface area contributed by atoms with Crippen molar-refractivity contribution < 1.29 is 4.79 Å². The molecule has 0 saturated carbocycles. The number of hydrogen-bond acceptors (Lipinski definition) is 6. The van der Waals surface area contributed by atoms with E-state index in [1.54, 1.807) is 0 Å². The van der Waals surface area contributed by atoms with Crippen LogP contribution in [0, 0.1) is 6.92 Å². The van der Waals surface area contributed by atoms with Crippen LogP contribution >= 0.6 is 0 Å². The average Bonchev–Trinajstić information content (AvgIpc) is 2.85. The Kier molecular flexibility index (Phi) is 6.80. The molecule has 33 heavy (non-hydrogen) atoms. The van der Waals surface area contributed by atoms with Gasteiger partial charge in [-0.05, 0) is 23.6 Å². The third-order valence-electron chi connectivity index (χ3n) is 5.30. The molecule has 0 aliphatic carbocycles. The molecule has 0 radical (unpaired) electrons. The molecule has 0 aliphatic rings. The van der Waals surface area contributed by atoms with Gasteiger partial charge in [-0.25, -0.2) is 9.97 Å². The second kappa shape index (κ2) is 10.3. The Labute approximate surface area is 193 Å². The number of hydrogen-bond donors (Lipinski definition) is 4. The minimum absolute atomic E-state index is 0.223. The highest BCUT2D eigenvalue weighted by molar-refractivity contribution is 5.88. The third kappa shape index (κ3) is 5.46. The molecule has 3 aromatic carbocycles. The van der Waals surface area contributed by atoms with Crippen LogP contribution in [0.2, 0.25) is 0 Å². The fourth-order valence-corrected chi connectivity index (χ4v) is 3.51. The van der Waals surface area contributed by atoms with Crippen LogP contribution in [0.3, 0.4) is 0 Å². The van der Waals surface area contributed by atoms with Gasteiger partial charge in [-0.2, -0.15) is 0 Å². The second-order valence-electron chi connectivity index (χ2n) is 7.69. The summed E-state index contributed by atoms with van der Waals surface area (Å²) in [7, 11) is 0. The molecule has 4 rings (SSSR count). The smallest absolute Gasteiger partial charge is 0.250 e. The maximum absolute atomic E-state index is 13.2. The summed E-state index contributed by atoms with van der Waals surface area (Å²) < 4.78 is 0. The van der Waals surface area contributed by atoms with Crippen molar-refractivity contribution in [2.75, 3.05) is 16.5 Å². The Morgan fingerprint density at radius 1 is 0.848 bits per heavy atom. The Hall–Kier alpha value is -4.39. The summed E-state index contributed by atoms with van der Waals surface area (Å²) in [5, 5.41) is 3.22. The van der Waals surface area contributed by atoms with Crippen LogP contribution in [0.5, 0.6) is 0 Å². The number of nitrogen functional groups attached to an aromatic ring is 1. The maximum Gasteiger partial charge on any atom is 0.250 e. The molecule has 0 aliphatic heterocycles. The predicted octanol–water partition coefficient (Wildman–Crippen LogP) is 4.25. The van der Waals surface area contributed by atoms with Crippen LogP contribution in [-0.4, -0.2) is 15.9 Å². The SMILES string of the molecule is Cc1ccc(CNc2ncnc(NNC(=O)C(c3ccccc3)c3ccccc3)c2N)cc1. The highest BCUT2D eigenvalue weighted by Crippen LogP contribution is 2.26. The molecule has 1 amide bonds. The van der Waals surface area contributed by atoms with Gasteiger partial charge in [0, 0.05) is 6.54 Å². The van der Waals surface area contributed by atoms with Gasteiger partial charge in [0.2, 0.25) is 5.91 Å². The van der Waals surface area contributed by atoms with Crippen LogP contribution < -0.4 is 21.9 Å². The summed E-state index contributed by atoms with van der Waals surface area (Å²) in [6, 6.07) is 27.5. The minimum Gasteiger partial charge on any atom is -0.393 e. The molecular weight excluding hydrogens is 412 g/mol. The van der Waals surface area contributed by atoms with Gasteiger partial charge in [-0.1, -0.05) is 90.5 Å². The van der Waals surface area contributed by atoms with Gasteiger partial charge in [0.15, 0.2) is 11.6 Å². The summed E-state index contributed by atoms with van der Waals surface area (Å²) in [5.74, 6) is 0.108. The molecule has 7 heteroatoms. The maximum atomic E-state index is 13.2. The zero-order valence-electron chi connectivity index (χ0n) is 18.3. The lowest BCUT2D eigenvalue weighted by molar-refractivity contribution is -0.121. The van der Waals surface area contributed by atoms with E-state index < -0.39 is 5.92 Å². The Morgan fingerprint density at radius 3 is 2.03 bits per heavy atom. The summed E-state index contributed by atoms with van der Waals surface area (Å²) in [6.45, 7) is 2.61. The van der Waals surface area contributed by atoms with Crippen LogP contribution in [0.4, 0.5) is 17.3 Å². The van der Waals surface area contributed by atoms with E-state index in [0.717, 1.165) is 16.7 Å². The third-order valence-corrected chi connectivity index (χ3v) is 5.30. The zero-order chi connectivity index (χ0) is 23.0. The van der Waals surface area contributed by atoms with E-state index >= 15 is 0 Å². The standard InChI is InChI=1S/C26H26N6O/c1-18-12-14-19(15-13-18)16-28-24-23(27)25(30-17-29-24)31-32-26(33)22(20-8-4-2-5-9-20)21-10-6-3-7-11-21/h2-15,17,22H,16,27H2,1H3,(H,32,33)(H2,28,29,30,31). The molecule has 166 valence electrons. The van der Waals surface area contributed by atoms with Gasteiger partial charge in [-0.15, -0.1) is 0 Å². The van der Waals surface area contributed by atoms with Crippen molar-refractivity contribution in [1.82, 2.24) is 15.4 Å². The number of aryl methyl sites for hydroxylation is 1. The predicted molar refractivity (Wildman–Crippen MR) is 131 cm³/mol. The van der Waals surface area contributed by atoms with E-state index in [9.17, 15) is 4.79 Å². The Balaban J connectivity index is 1.46. The van der Waals surface area contributed by atoms with Gasteiger partial charge in [0.1, 0.15) is 12.0 Å². The number of carbonyl (C=O) groups excluding carboxylic acids is 1. The number of amides is 1. The fourth-order valence-electron chi connectivity index (χ4n) is 3.51. The van der Waals surface area contributed by atoms with E-state index in [4.69, 9.17) is 5.73 Å². The van der Waals surface area contributed by atoms with Crippen molar-refractivity contribution >= 4 is 23.2 Å². The van der Waals surface area contributed by atoms with Crippen molar-refractivity contribution in [3.63, 3.8) is 0 Å². The molecular formula is C26H26N6O. The molecule has 0 saturated heterocycles. The minimum atomic E-state index is -0.484. The van der Waals surface area contributed by atoms with Crippen molar-refractivity contribution in [2.45, 2.75) is 19.4 Å². The first-order valence-corrected chi connectivity index (χ1v) is 10.7. The van der Waals surface area contributed by atoms with E-state index in [2.05, 4.69) is 38.3 Å². The number of carbonyl (C=O) groups is 1. The zero-order valence-corrected chi connectivity index (χ0v) is 18.3. The van der Waals surface area contributed by atoms with E-state index in [1.165, 1.54) is 11.9 Å². The Morgan fingerprint density at radius 2 is 1.42 bits per heavy atom. The van der Waals surface area contributed by atoms with E-state index in [-0.39, 0.29) is 5.91 Å². The van der Waals surface area contributed by atoms with Gasteiger partial charge in [0.25, 0.3) is 0 Å². The van der Waals surface area contributed by atoms with Gasteiger partial charge < -0.3 is 11.1 Å². The molecule has 0 bridgehead atoms. The molecule has 0 atom stereocenters. The summed E-state index contributed by atoms with van der Waals surface area (Å²) in [5.41, 5.74) is 16.3. The van der Waals surface area contributed by atoms with Crippen LogP contribution in [0.1, 0.15) is 28.2 Å². The molecule has 0 unspecified atom stereocenters. The fraction of sp³-hybridized carbons (Fsp3) is 0.115. The Bertz CT molecular complexity index is 1160. The molecule has 0 fully saturated rings. The van der Waals surface area contributed by atoms with Gasteiger partial charge >= 0.3 is 0 Å². The highest BCUT2D eigenvalue weighted by atomic mass is 16.2. The number of nitrogens with two attached hydrogens (primary N) is 1. The second-order valence-corrected chi connectivity index (χ2v) is 7.69. The normalized spacial score (nSPS) is 10.6. The van der Waals surface area contributed by atoms with Crippen molar-refractivity contribution in [3.05, 3.63) is 114 Å². The lowest BCUT2D eigenvalue weighted by Gasteiger charge is -2.19. The molecule has 7 nitrogen and oxygen atoms in total. The van der Waals surface area contributed by atoms with Gasteiger partial charge in [-0.3, -0.25) is 15.6 Å². The number of aromatic nitrogens is 2. The highest BCUT2D eigenvalue weighted by Gasteiger charge is 2.23. The number of rotatable bonds is 8. The number of nitrogens with one attached hydrogen (secondary N) is 3. The topological polar surface area (TPSA) is 105 Å². The first kappa shape index (κ1) is 21.8. The number of hydrazine groups is 1. The van der Waals surface area contributed by atoms with Crippen LogP contribution in [-0.2, 0) is 11.3 Å². The first-order valence-electron chi connectivity index (χ1n) is 10.7. The summed E-state index contributed by atoms with van der Waals surface area (Å²) >= 11 is 0. The summed E-state index contributed by atoms with van der Waals surface area (Å²) in [4.78, 5) is 21.6. The number of anilines is 3. The van der Waals surface area contributed by atoms with E-state index in [0.29, 0.717) is 23.9 Å². The number of nitrogens with zero attached hydrogens (tertiary/aromatic N) is 2. The first-order chi connectivity index (χ1) is 16.1. The quantitative estimate of drug-likeness (QED) is 0.307. The lowest BCUT2D eigenvalue weighted by atomic mass is 9.91. The molecule has 0 spiro atoms. The lowest BCUT2D eigenvalue weighted by Crippen LogP contribution is -2.35. The van der Waals surface area contributed by atoms with E-state index in [1.807, 2.05) is 79.7 Å². The average molecular weight is 439 g/mol. The largest absolute Gasteiger partial charge is 0.393 e. The van der Waals surface area contributed by atoms with Crippen LogP contribution in [0.15, 0.2) is 91.3 Å². The molecule has 4 aromatic rings. The van der Waals surface area contributed by atoms with Crippen LogP contribution in [0.25, 0.3) is 0 Å². The molecule has 1 heterocycles. The summed E-state index contributed by atoms with van der Waals surface area (Å²) in [6.07, 6.45) is 1.40. The van der Waals surface area contributed by atoms with Crippen molar-refractivity contribution in [3.8, 4) is 0 Å². The van der Waals surface area contributed by atoms with Crippen molar-refractivity contribution in [1.29, 1.82) is 0 Å². The molecule has 5 N–H and O–H groups in total. The van der Waals surface area contributed by atoms with Gasteiger partial charge in [0.05, 0.1) is 5.92 Å². The molecule has 1 aromatic heterocycles. The monoisotopic (exact) mass is 438 g/mol. The van der Waals surface area contributed by atoms with Crippen molar-refractivity contribution in [2.24, 2.45) is 0 Å².